The summed E-state index contributed by atoms with van der Waals surface area (Å²) < 4.78 is 0. The van der Waals surface area contributed by atoms with Gasteiger partial charge in [0.1, 0.15) is 0 Å². The maximum absolute atomic E-state index is 8.92. The number of hydrogen-bond acceptors (Lipinski definition) is 2. The Bertz CT molecular complexity index is 1540. The molecule has 0 spiro atoms. The summed E-state index contributed by atoms with van der Waals surface area (Å²) >= 11 is 0. The van der Waals surface area contributed by atoms with Crippen molar-refractivity contribution in [2.75, 3.05) is 0 Å². The molecule has 2 nitrogen and oxygen atoms in total. The van der Waals surface area contributed by atoms with E-state index in [0.29, 0.717) is 11.4 Å². The fourth-order valence-electron chi connectivity index (χ4n) is 5.56. The molecule has 0 unspecified atom stereocenters. The van der Waals surface area contributed by atoms with Crippen molar-refractivity contribution in [2.45, 2.75) is 5.41 Å². The molecule has 0 aromatic heterocycles. The third kappa shape index (κ3) is 3.38. The molecule has 0 heterocycles. The Labute approximate surface area is 211 Å². The Hall–Kier alpha value is -4.69. The standard InChI is InChI=1S/C34H26N2/c35-32(24-12-4-1-5-13-24)23-33(36)25-20-21-29-28-18-10-11-19-30(28)34(31(29)22-25,26-14-6-2-7-15-26)27-16-8-3-9-17-27/h1-23,36H,35H2. The molecule has 0 amide bonds. The third-order valence-electron chi connectivity index (χ3n) is 7.18. The second kappa shape index (κ2) is 8.83. The van der Waals surface area contributed by atoms with Gasteiger partial charge >= 0.3 is 0 Å². The molecule has 172 valence electrons. The molecule has 0 aliphatic heterocycles. The van der Waals surface area contributed by atoms with Gasteiger partial charge in [0, 0.05) is 5.70 Å². The second-order valence-electron chi connectivity index (χ2n) is 9.17. The number of fused-ring (bicyclic) bond motifs is 3. The lowest BCUT2D eigenvalue weighted by Gasteiger charge is -2.34. The van der Waals surface area contributed by atoms with Crippen LogP contribution in [0.1, 0.15) is 33.4 Å². The van der Waals surface area contributed by atoms with Crippen LogP contribution in [0.3, 0.4) is 0 Å². The zero-order chi connectivity index (χ0) is 24.5. The summed E-state index contributed by atoms with van der Waals surface area (Å²) in [6.45, 7) is 0. The van der Waals surface area contributed by atoms with Crippen LogP contribution in [0.2, 0.25) is 0 Å². The van der Waals surface area contributed by atoms with E-state index in [9.17, 15) is 0 Å². The van der Waals surface area contributed by atoms with Crippen molar-refractivity contribution in [3.05, 3.63) is 173 Å². The fraction of sp³-hybridized carbons (Fsp3) is 0.0294. The Morgan fingerprint density at radius 3 is 1.72 bits per heavy atom. The summed E-state index contributed by atoms with van der Waals surface area (Å²) in [5.41, 5.74) is 16.0. The highest BCUT2D eigenvalue weighted by Gasteiger charge is 2.46. The molecule has 0 bridgehead atoms. The van der Waals surface area contributed by atoms with E-state index in [0.717, 1.165) is 11.1 Å². The Morgan fingerprint density at radius 2 is 1.08 bits per heavy atom. The molecule has 0 fully saturated rings. The van der Waals surface area contributed by atoms with E-state index in [1.54, 1.807) is 6.08 Å². The zero-order valence-corrected chi connectivity index (χ0v) is 19.9. The molecule has 1 aliphatic rings. The Kier molecular flexibility index (Phi) is 5.35. The molecule has 3 N–H and O–H groups in total. The lowest BCUT2D eigenvalue weighted by atomic mass is 9.67. The van der Waals surface area contributed by atoms with Gasteiger partial charge in [0.2, 0.25) is 0 Å². The van der Waals surface area contributed by atoms with Crippen molar-refractivity contribution >= 4 is 11.4 Å². The third-order valence-corrected chi connectivity index (χ3v) is 7.18. The minimum Gasteiger partial charge on any atom is -0.398 e. The fourth-order valence-corrected chi connectivity index (χ4v) is 5.56. The molecule has 0 atom stereocenters. The lowest BCUT2D eigenvalue weighted by molar-refractivity contribution is 0.768. The highest BCUT2D eigenvalue weighted by atomic mass is 14.6. The second-order valence-corrected chi connectivity index (χ2v) is 9.17. The van der Waals surface area contributed by atoms with Gasteiger partial charge in [0.15, 0.2) is 0 Å². The number of benzene rings is 5. The van der Waals surface area contributed by atoms with E-state index >= 15 is 0 Å². The van der Waals surface area contributed by atoms with Crippen LogP contribution in [0.5, 0.6) is 0 Å². The largest absolute Gasteiger partial charge is 0.398 e. The van der Waals surface area contributed by atoms with Crippen molar-refractivity contribution in [3.8, 4) is 11.1 Å². The topological polar surface area (TPSA) is 49.9 Å². The minimum absolute atomic E-state index is 0.394. The molecule has 0 radical (unpaired) electrons. The average molecular weight is 463 g/mol. The normalized spacial score (nSPS) is 13.6. The van der Waals surface area contributed by atoms with E-state index < -0.39 is 5.41 Å². The monoisotopic (exact) mass is 462 g/mol. The molecule has 6 rings (SSSR count). The maximum atomic E-state index is 8.92. The van der Waals surface area contributed by atoms with Crippen molar-refractivity contribution in [3.63, 3.8) is 0 Å². The van der Waals surface area contributed by atoms with Crippen LogP contribution in [0.25, 0.3) is 16.8 Å². The molecule has 36 heavy (non-hydrogen) atoms. The molecule has 5 aromatic rings. The first kappa shape index (κ1) is 21.8. The summed E-state index contributed by atoms with van der Waals surface area (Å²) in [6.07, 6.45) is 1.76. The van der Waals surface area contributed by atoms with Gasteiger partial charge in [-0.3, -0.25) is 0 Å². The first-order valence-electron chi connectivity index (χ1n) is 12.2. The van der Waals surface area contributed by atoms with Gasteiger partial charge in [-0.1, -0.05) is 127 Å². The summed E-state index contributed by atoms with van der Waals surface area (Å²) in [6, 6.07) is 46.3. The summed E-state index contributed by atoms with van der Waals surface area (Å²) in [4.78, 5) is 0. The average Bonchev–Trinajstić information content (AvgIpc) is 3.25. The first-order valence-corrected chi connectivity index (χ1v) is 12.2. The number of hydrogen-bond donors (Lipinski definition) is 2. The van der Waals surface area contributed by atoms with Gasteiger partial charge in [0.25, 0.3) is 0 Å². The van der Waals surface area contributed by atoms with Crippen LogP contribution in [-0.4, -0.2) is 5.71 Å². The molecule has 1 aliphatic carbocycles. The minimum atomic E-state index is -0.473. The van der Waals surface area contributed by atoms with E-state index in [1.807, 2.05) is 36.4 Å². The molecule has 0 saturated carbocycles. The molecular formula is C34H26N2. The summed E-state index contributed by atoms with van der Waals surface area (Å²) in [7, 11) is 0. The predicted molar refractivity (Wildman–Crippen MR) is 149 cm³/mol. The number of allylic oxidation sites excluding steroid dienone is 1. The van der Waals surface area contributed by atoms with Gasteiger partial charge in [-0.15, -0.1) is 0 Å². The summed E-state index contributed by atoms with van der Waals surface area (Å²) in [5.74, 6) is 0. The zero-order valence-electron chi connectivity index (χ0n) is 19.9. The van der Waals surface area contributed by atoms with E-state index in [2.05, 4.69) is 97.1 Å². The number of nitrogens with two attached hydrogens (primary N) is 1. The van der Waals surface area contributed by atoms with E-state index in [4.69, 9.17) is 11.1 Å². The van der Waals surface area contributed by atoms with E-state index in [1.165, 1.54) is 33.4 Å². The highest BCUT2D eigenvalue weighted by molar-refractivity contribution is 6.10. The van der Waals surface area contributed by atoms with Crippen LogP contribution in [-0.2, 0) is 5.41 Å². The van der Waals surface area contributed by atoms with Crippen molar-refractivity contribution < 1.29 is 0 Å². The maximum Gasteiger partial charge on any atom is 0.0713 e. The molecular weight excluding hydrogens is 436 g/mol. The van der Waals surface area contributed by atoms with Crippen molar-refractivity contribution in [1.29, 1.82) is 5.41 Å². The van der Waals surface area contributed by atoms with E-state index in [-0.39, 0.29) is 0 Å². The Balaban J connectivity index is 1.59. The molecule has 5 aromatic carbocycles. The van der Waals surface area contributed by atoms with Crippen LogP contribution < -0.4 is 5.73 Å². The van der Waals surface area contributed by atoms with Crippen molar-refractivity contribution in [2.24, 2.45) is 5.73 Å². The quantitative estimate of drug-likeness (QED) is 0.257. The van der Waals surface area contributed by atoms with Gasteiger partial charge < -0.3 is 11.1 Å². The van der Waals surface area contributed by atoms with Gasteiger partial charge in [-0.2, -0.15) is 0 Å². The predicted octanol–water partition coefficient (Wildman–Crippen LogP) is 7.42. The summed E-state index contributed by atoms with van der Waals surface area (Å²) in [5, 5.41) is 8.92. The van der Waals surface area contributed by atoms with Crippen LogP contribution in [0.15, 0.2) is 140 Å². The van der Waals surface area contributed by atoms with Gasteiger partial charge in [0.05, 0.1) is 11.1 Å². The van der Waals surface area contributed by atoms with Gasteiger partial charge in [-0.05, 0) is 56.6 Å². The Morgan fingerprint density at radius 1 is 0.556 bits per heavy atom. The van der Waals surface area contributed by atoms with Crippen LogP contribution in [0.4, 0.5) is 0 Å². The SMILES string of the molecule is N=C(C=C(N)c1ccccc1)c1ccc2c(c1)C(c1ccccc1)(c1ccccc1)c1ccccc1-2. The lowest BCUT2D eigenvalue weighted by Crippen LogP contribution is -2.28. The van der Waals surface area contributed by atoms with Crippen LogP contribution in [0, 0.1) is 5.41 Å². The van der Waals surface area contributed by atoms with Crippen molar-refractivity contribution in [1.82, 2.24) is 0 Å². The van der Waals surface area contributed by atoms with Crippen LogP contribution >= 0.6 is 0 Å². The number of nitrogens with one attached hydrogen (secondary N) is 1. The number of rotatable bonds is 5. The smallest absolute Gasteiger partial charge is 0.0713 e. The molecule has 2 heteroatoms. The first-order chi connectivity index (χ1) is 17.7. The van der Waals surface area contributed by atoms with Gasteiger partial charge in [-0.25, -0.2) is 0 Å². The highest BCUT2D eigenvalue weighted by Crippen LogP contribution is 2.56. The molecule has 0 saturated heterocycles.